The molecule has 0 aromatic rings. The highest BCUT2D eigenvalue weighted by Gasteiger charge is 2.46. The van der Waals surface area contributed by atoms with Crippen LogP contribution in [0.5, 0.6) is 0 Å². The van der Waals surface area contributed by atoms with E-state index < -0.39 is 0 Å². The first kappa shape index (κ1) is 19.2. The summed E-state index contributed by atoms with van der Waals surface area (Å²) in [5.41, 5.74) is 7.06. The van der Waals surface area contributed by atoms with E-state index in [2.05, 4.69) is 32.9 Å². The molecule has 2 saturated carbocycles. The van der Waals surface area contributed by atoms with E-state index >= 15 is 0 Å². The normalized spacial score (nSPS) is 37.1. The molecule has 148 valence electrons. The van der Waals surface area contributed by atoms with Crippen LogP contribution in [0, 0.1) is 11.8 Å². The van der Waals surface area contributed by atoms with Gasteiger partial charge in [0.2, 0.25) is 0 Å². The van der Waals surface area contributed by atoms with Crippen molar-refractivity contribution in [2.45, 2.75) is 103 Å². The van der Waals surface area contributed by atoms with Gasteiger partial charge in [-0.25, -0.2) is 0 Å². The van der Waals surface area contributed by atoms with Crippen LogP contribution in [0.2, 0.25) is 0 Å². The monoisotopic (exact) mass is 367 g/mol. The molecule has 0 saturated heterocycles. The van der Waals surface area contributed by atoms with E-state index in [1.807, 2.05) is 0 Å². The predicted octanol–water partition coefficient (Wildman–Crippen LogP) is 6.31. The van der Waals surface area contributed by atoms with E-state index in [9.17, 15) is 5.11 Å². The fourth-order valence-electron chi connectivity index (χ4n) is 5.46. The zero-order chi connectivity index (χ0) is 19.0. The lowest BCUT2D eigenvalue weighted by Gasteiger charge is -2.39. The van der Waals surface area contributed by atoms with Gasteiger partial charge in [-0.1, -0.05) is 36.1 Å². The summed E-state index contributed by atoms with van der Waals surface area (Å²) in [6, 6.07) is 0.344. The van der Waals surface area contributed by atoms with Gasteiger partial charge in [0.05, 0.1) is 11.6 Å². The van der Waals surface area contributed by atoms with E-state index in [4.69, 9.17) is 4.99 Å². The molecule has 0 spiro atoms. The van der Waals surface area contributed by atoms with Crippen LogP contribution in [0.15, 0.2) is 39.4 Å². The van der Waals surface area contributed by atoms with Crippen LogP contribution >= 0.6 is 0 Å². The van der Waals surface area contributed by atoms with Gasteiger partial charge in [0.1, 0.15) is 0 Å². The molecule has 2 fully saturated rings. The fourth-order valence-corrected chi connectivity index (χ4v) is 5.46. The third kappa shape index (κ3) is 4.16. The van der Waals surface area contributed by atoms with Crippen LogP contribution in [0.4, 0.5) is 0 Å². The highest BCUT2D eigenvalue weighted by molar-refractivity contribution is 5.96. The molecule has 2 bridgehead atoms. The first-order chi connectivity index (χ1) is 13.0. The van der Waals surface area contributed by atoms with Crippen molar-refractivity contribution in [2.75, 3.05) is 0 Å². The molecule has 0 aromatic carbocycles. The zero-order valence-corrected chi connectivity index (χ0v) is 17.6. The smallest absolute Gasteiger partial charge is 0.0755 e. The standard InChI is InChI=1S/C25H37NO/c1-4-5-6-22-15-19-13-17(2)18(3)14-23(24(16-19)26-22)20-9-11-25(27,12-10-20)21-7-8-21/h14-15,20-21,24,27H,4-13,16H2,1-3H3/b18-17-,23-14?. The van der Waals surface area contributed by atoms with Crippen molar-refractivity contribution in [3.63, 3.8) is 0 Å². The summed E-state index contributed by atoms with van der Waals surface area (Å²) in [7, 11) is 0. The van der Waals surface area contributed by atoms with Gasteiger partial charge in [-0.3, -0.25) is 4.99 Å². The van der Waals surface area contributed by atoms with Gasteiger partial charge in [-0.15, -0.1) is 0 Å². The highest BCUT2D eigenvalue weighted by Crippen LogP contribution is 2.50. The number of dihydropyridines is 1. The summed E-state index contributed by atoms with van der Waals surface area (Å²) in [6.07, 6.45) is 17.4. The Morgan fingerprint density at radius 2 is 1.85 bits per heavy atom. The number of aliphatic hydroxyl groups is 1. The lowest BCUT2D eigenvalue weighted by molar-refractivity contribution is -0.0256. The van der Waals surface area contributed by atoms with Crippen molar-refractivity contribution < 1.29 is 5.11 Å². The van der Waals surface area contributed by atoms with Gasteiger partial charge in [-0.05, 0) is 102 Å². The Morgan fingerprint density at radius 3 is 2.52 bits per heavy atom. The Hall–Kier alpha value is -1.15. The molecule has 2 nitrogen and oxygen atoms in total. The maximum atomic E-state index is 11.0. The average Bonchev–Trinajstić information content (AvgIpc) is 3.50. The molecule has 2 heteroatoms. The summed E-state index contributed by atoms with van der Waals surface area (Å²) >= 11 is 0. The van der Waals surface area contributed by atoms with Crippen LogP contribution in [-0.4, -0.2) is 22.5 Å². The van der Waals surface area contributed by atoms with Crippen molar-refractivity contribution in [3.05, 3.63) is 34.4 Å². The van der Waals surface area contributed by atoms with Crippen molar-refractivity contribution in [1.29, 1.82) is 0 Å². The number of fused-ring (bicyclic) bond motifs is 2. The molecule has 1 aliphatic heterocycles. The molecule has 0 aromatic heterocycles. The first-order valence-electron chi connectivity index (χ1n) is 11.3. The molecule has 4 aliphatic rings. The molecule has 1 unspecified atom stereocenters. The second kappa shape index (κ2) is 7.70. The molecular weight excluding hydrogens is 330 g/mol. The molecule has 1 atom stereocenters. The number of unbranched alkanes of at least 4 members (excludes halogenated alkanes) is 1. The average molecular weight is 368 g/mol. The largest absolute Gasteiger partial charge is 0.390 e. The Bertz CT molecular complexity index is 696. The second-order valence-corrected chi connectivity index (χ2v) is 9.68. The van der Waals surface area contributed by atoms with Crippen LogP contribution in [0.3, 0.4) is 0 Å². The molecule has 0 radical (unpaired) electrons. The highest BCUT2D eigenvalue weighted by atomic mass is 16.3. The number of allylic oxidation sites excluding steroid dienone is 4. The molecule has 1 N–H and O–H groups in total. The van der Waals surface area contributed by atoms with Gasteiger partial charge in [-0.2, -0.15) is 0 Å². The first-order valence-corrected chi connectivity index (χ1v) is 11.3. The maximum absolute atomic E-state index is 11.0. The van der Waals surface area contributed by atoms with Gasteiger partial charge >= 0.3 is 0 Å². The molecule has 1 heterocycles. The van der Waals surface area contributed by atoms with Gasteiger partial charge in [0.25, 0.3) is 0 Å². The fraction of sp³-hybridized carbons (Fsp3) is 0.720. The Labute approximate surface area is 165 Å². The van der Waals surface area contributed by atoms with E-state index in [0.29, 0.717) is 17.9 Å². The second-order valence-electron chi connectivity index (χ2n) is 9.68. The topological polar surface area (TPSA) is 32.6 Å². The summed E-state index contributed by atoms with van der Waals surface area (Å²) in [6.45, 7) is 6.84. The molecular formula is C25H37NO. The van der Waals surface area contributed by atoms with Crippen molar-refractivity contribution in [1.82, 2.24) is 0 Å². The third-order valence-electron chi connectivity index (χ3n) is 7.53. The Kier molecular flexibility index (Phi) is 5.47. The van der Waals surface area contributed by atoms with Gasteiger partial charge in [0, 0.05) is 5.71 Å². The summed E-state index contributed by atoms with van der Waals surface area (Å²) in [5, 5.41) is 11.0. The van der Waals surface area contributed by atoms with Crippen molar-refractivity contribution >= 4 is 5.71 Å². The van der Waals surface area contributed by atoms with E-state index in [-0.39, 0.29) is 5.60 Å². The summed E-state index contributed by atoms with van der Waals surface area (Å²) in [4.78, 5) is 5.23. The van der Waals surface area contributed by atoms with E-state index in [1.165, 1.54) is 42.5 Å². The van der Waals surface area contributed by atoms with E-state index in [0.717, 1.165) is 44.9 Å². The predicted molar refractivity (Wildman–Crippen MR) is 114 cm³/mol. The van der Waals surface area contributed by atoms with Crippen molar-refractivity contribution in [3.8, 4) is 0 Å². The minimum Gasteiger partial charge on any atom is -0.390 e. The zero-order valence-electron chi connectivity index (χ0n) is 17.6. The Morgan fingerprint density at radius 1 is 1.11 bits per heavy atom. The van der Waals surface area contributed by atoms with Crippen LogP contribution in [0.1, 0.15) is 91.4 Å². The van der Waals surface area contributed by atoms with E-state index in [1.54, 1.807) is 11.1 Å². The van der Waals surface area contributed by atoms with Gasteiger partial charge in [0.15, 0.2) is 0 Å². The molecule has 3 aliphatic carbocycles. The number of rotatable bonds is 5. The number of hydrogen-bond acceptors (Lipinski definition) is 2. The maximum Gasteiger partial charge on any atom is 0.0755 e. The third-order valence-corrected chi connectivity index (χ3v) is 7.53. The number of hydrogen-bond donors (Lipinski definition) is 1. The molecule has 0 amide bonds. The number of aliphatic imine (C=N–C) groups is 1. The van der Waals surface area contributed by atoms with Crippen LogP contribution in [-0.2, 0) is 0 Å². The molecule has 4 rings (SSSR count). The van der Waals surface area contributed by atoms with Crippen molar-refractivity contribution in [2.24, 2.45) is 16.8 Å². The SMILES string of the molecule is CCCCC1=NC2CC(=C1)C/C(C)=C(/C)C=C2C1CCC(O)(C2CC2)CC1. The minimum atomic E-state index is -0.355. The lowest BCUT2D eigenvalue weighted by Crippen LogP contribution is -2.37. The van der Waals surface area contributed by atoms with Crippen LogP contribution < -0.4 is 0 Å². The summed E-state index contributed by atoms with van der Waals surface area (Å²) in [5.74, 6) is 1.20. The quantitative estimate of drug-likeness (QED) is 0.606. The minimum absolute atomic E-state index is 0.344. The Balaban J connectivity index is 1.58. The number of nitrogens with zero attached hydrogens (tertiary/aromatic N) is 1. The summed E-state index contributed by atoms with van der Waals surface area (Å²) < 4.78 is 0. The molecule has 27 heavy (non-hydrogen) atoms. The van der Waals surface area contributed by atoms with Gasteiger partial charge < -0.3 is 5.11 Å². The lowest BCUT2D eigenvalue weighted by atomic mass is 9.70. The van der Waals surface area contributed by atoms with Crippen LogP contribution in [0.25, 0.3) is 0 Å².